The first-order chi connectivity index (χ1) is 16.0. The van der Waals surface area contributed by atoms with Crippen LogP contribution < -0.4 is 10.4 Å². The highest BCUT2D eigenvalue weighted by molar-refractivity contribution is 7.16. The summed E-state index contributed by atoms with van der Waals surface area (Å²) < 4.78 is 13.6. The van der Waals surface area contributed by atoms with E-state index in [1.165, 1.54) is 11.3 Å². The Morgan fingerprint density at radius 1 is 1.15 bits per heavy atom. The molecule has 0 N–H and O–H groups in total. The van der Waals surface area contributed by atoms with Crippen LogP contribution in [0.3, 0.4) is 0 Å². The first kappa shape index (κ1) is 21.6. The van der Waals surface area contributed by atoms with Gasteiger partial charge >= 0.3 is 5.63 Å². The van der Waals surface area contributed by atoms with Crippen molar-refractivity contribution in [2.45, 2.75) is 13.5 Å². The lowest BCUT2D eigenvalue weighted by Gasteiger charge is -2.07. The van der Waals surface area contributed by atoms with E-state index in [1.54, 1.807) is 19.2 Å². The van der Waals surface area contributed by atoms with Crippen LogP contribution in [-0.2, 0) is 11.3 Å². The van der Waals surface area contributed by atoms with Crippen LogP contribution in [0.1, 0.15) is 15.9 Å². The van der Waals surface area contributed by atoms with Crippen LogP contribution in [0, 0.1) is 6.92 Å². The standard InChI is InChI=1S/C25H19ClN2O4S/c1-14-19(26)8-10-21-22(14)28(11-12-31-2)25(33-21)27-23(29)18-13-17-16-6-4-3-5-15(16)7-9-20(17)32-24(18)30/h3-10,13H,11-12H2,1-2H3. The van der Waals surface area contributed by atoms with Crippen molar-refractivity contribution in [3.8, 4) is 0 Å². The Labute approximate surface area is 197 Å². The number of ether oxygens (including phenoxy) is 1. The van der Waals surface area contributed by atoms with Crippen LogP contribution in [0.2, 0.25) is 5.02 Å². The molecule has 8 heteroatoms. The van der Waals surface area contributed by atoms with Crippen molar-refractivity contribution in [3.63, 3.8) is 0 Å². The summed E-state index contributed by atoms with van der Waals surface area (Å²) in [6, 6.07) is 16.7. The van der Waals surface area contributed by atoms with Crippen LogP contribution in [0.5, 0.6) is 0 Å². The van der Waals surface area contributed by atoms with Gasteiger partial charge in [0.25, 0.3) is 5.91 Å². The molecule has 0 radical (unpaired) electrons. The summed E-state index contributed by atoms with van der Waals surface area (Å²) >= 11 is 7.70. The first-order valence-electron chi connectivity index (χ1n) is 10.3. The Balaban J connectivity index is 1.71. The number of halogens is 1. The molecule has 166 valence electrons. The zero-order chi connectivity index (χ0) is 23.1. The van der Waals surface area contributed by atoms with E-state index >= 15 is 0 Å². The van der Waals surface area contributed by atoms with E-state index in [0.29, 0.717) is 33.9 Å². The average Bonchev–Trinajstić information content (AvgIpc) is 3.16. The summed E-state index contributed by atoms with van der Waals surface area (Å²) in [4.78, 5) is 30.6. The second-order valence-corrected chi connectivity index (χ2v) is 9.03. The van der Waals surface area contributed by atoms with Crippen molar-refractivity contribution in [2.75, 3.05) is 13.7 Å². The Hall–Kier alpha value is -3.26. The molecule has 33 heavy (non-hydrogen) atoms. The van der Waals surface area contributed by atoms with Gasteiger partial charge in [0.2, 0.25) is 0 Å². The highest BCUT2D eigenvalue weighted by Gasteiger charge is 2.17. The fraction of sp³-hybridized carbons (Fsp3) is 0.160. The first-order valence-corrected chi connectivity index (χ1v) is 11.5. The highest BCUT2D eigenvalue weighted by Crippen LogP contribution is 2.28. The second-order valence-electron chi connectivity index (χ2n) is 7.61. The average molecular weight is 479 g/mol. The zero-order valence-corrected chi connectivity index (χ0v) is 19.5. The van der Waals surface area contributed by atoms with Gasteiger partial charge in [-0.3, -0.25) is 4.79 Å². The highest BCUT2D eigenvalue weighted by atomic mass is 35.5. The summed E-state index contributed by atoms with van der Waals surface area (Å²) in [6.07, 6.45) is 0. The summed E-state index contributed by atoms with van der Waals surface area (Å²) in [5, 5.41) is 3.21. The monoisotopic (exact) mass is 478 g/mol. The molecule has 0 unspecified atom stereocenters. The topological polar surface area (TPSA) is 73.8 Å². The van der Waals surface area contributed by atoms with Crippen molar-refractivity contribution in [3.05, 3.63) is 86.0 Å². The Kier molecular flexibility index (Phi) is 5.62. The van der Waals surface area contributed by atoms with E-state index in [9.17, 15) is 9.59 Å². The normalized spacial score (nSPS) is 12.3. The zero-order valence-electron chi connectivity index (χ0n) is 17.9. The summed E-state index contributed by atoms with van der Waals surface area (Å²) in [5.74, 6) is -0.653. The molecule has 0 saturated heterocycles. The van der Waals surface area contributed by atoms with Gasteiger partial charge in [-0.15, -0.1) is 0 Å². The Morgan fingerprint density at radius 3 is 2.79 bits per heavy atom. The molecule has 6 nitrogen and oxygen atoms in total. The third-order valence-electron chi connectivity index (χ3n) is 5.62. The maximum absolute atomic E-state index is 13.2. The van der Waals surface area contributed by atoms with Gasteiger partial charge in [-0.05, 0) is 47.5 Å². The molecule has 2 aromatic heterocycles. The van der Waals surface area contributed by atoms with Gasteiger partial charge in [0.15, 0.2) is 4.80 Å². The largest absolute Gasteiger partial charge is 0.422 e. The minimum absolute atomic E-state index is 0.107. The van der Waals surface area contributed by atoms with Crippen molar-refractivity contribution in [1.82, 2.24) is 4.57 Å². The Bertz CT molecular complexity index is 1680. The van der Waals surface area contributed by atoms with E-state index < -0.39 is 11.5 Å². The number of carbonyl (C=O) groups excluding carboxylic acids is 1. The SMILES string of the molecule is COCCn1c(=NC(=O)c2cc3c(ccc4ccccc43)oc2=O)sc2ccc(Cl)c(C)c21. The summed E-state index contributed by atoms with van der Waals surface area (Å²) in [7, 11) is 1.61. The van der Waals surface area contributed by atoms with Crippen LogP contribution in [0.4, 0.5) is 0 Å². The number of amides is 1. The van der Waals surface area contributed by atoms with E-state index in [1.807, 2.05) is 54.0 Å². The van der Waals surface area contributed by atoms with E-state index in [2.05, 4.69) is 4.99 Å². The molecule has 0 bridgehead atoms. The third-order valence-corrected chi connectivity index (χ3v) is 7.07. The van der Waals surface area contributed by atoms with Crippen LogP contribution >= 0.6 is 22.9 Å². The Morgan fingerprint density at radius 2 is 1.97 bits per heavy atom. The minimum atomic E-state index is -0.713. The van der Waals surface area contributed by atoms with Gasteiger partial charge in [0, 0.05) is 24.1 Å². The molecule has 0 saturated carbocycles. The number of rotatable bonds is 4. The molecule has 2 heterocycles. The molecule has 5 rings (SSSR count). The predicted molar refractivity (Wildman–Crippen MR) is 131 cm³/mol. The van der Waals surface area contributed by atoms with Crippen molar-refractivity contribution >= 4 is 60.8 Å². The lowest BCUT2D eigenvalue weighted by atomic mass is 10.0. The number of thiazole rings is 1. The van der Waals surface area contributed by atoms with Crippen molar-refractivity contribution < 1.29 is 13.9 Å². The molecule has 0 spiro atoms. The van der Waals surface area contributed by atoms with Crippen molar-refractivity contribution in [2.24, 2.45) is 4.99 Å². The van der Waals surface area contributed by atoms with Crippen molar-refractivity contribution in [1.29, 1.82) is 0 Å². The molecule has 5 aromatic rings. The number of fused-ring (bicyclic) bond motifs is 4. The number of hydrogen-bond donors (Lipinski definition) is 0. The third kappa shape index (κ3) is 3.78. The van der Waals surface area contributed by atoms with Gasteiger partial charge in [0.05, 0.1) is 16.8 Å². The second kappa shape index (κ2) is 8.59. The fourth-order valence-corrected chi connectivity index (χ4v) is 5.23. The predicted octanol–water partition coefficient (Wildman–Crippen LogP) is 5.31. The van der Waals surface area contributed by atoms with Crippen LogP contribution in [-0.4, -0.2) is 24.2 Å². The molecule has 0 aliphatic rings. The smallest absolute Gasteiger partial charge is 0.349 e. The lowest BCUT2D eigenvalue weighted by Crippen LogP contribution is -2.21. The molecule has 0 aliphatic carbocycles. The van der Waals surface area contributed by atoms with Crippen LogP contribution in [0.25, 0.3) is 32.0 Å². The molecule has 3 aromatic carbocycles. The van der Waals surface area contributed by atoms with Gasteiger partial charge in [-0.25, -0.2) is 4.79 Å². The van der Waals surface area contributed by atoms with Gasteiger partial charge in [0.1, 0.15) is 11.1 Å². The maximum atomic E-state index is 13.2. The fourth-order valence-electron chi connectivity index (χ4n) is 3.96. The number of carbonyl (C=O) groups is 1. The molecular weight excluding hydrogens is 460 g/mol. The number of aromatic nitrogens is 1. The van der Waals surface area contributed by atoms with Gasteiger partial charge in [-0.2, -0.15) is 4.99 Å². The number of aryl methyl sites for hydroxylation is 1. The number of hydrogen-bond acceptors (Lipinski definition) is 5. The number of benzene rings is 3. The summed E-state index contributed by atoms with van der Waals surface area (Å²) in [5.41, 5.74) is 1.40. The number of nitrogens with zero attached hydrogens (tertiary/aromatic N) is 2. The maximum Gasteiger partial charge on any atom is 0.349 e. The van der Waals surface area contributed by atoms with E-state index in [-0.39, 0.29) is 5.56 Å². The van der Waals surface area contributed by atoms with Gasteiger partial charge < -0.3 is 13.7 Å². The molecule has 0 fully saturated rings. The number of methoxy groups -OCH3 is 1. The molecule has 0 atom stereocenters. The summed E-state index contributed by atoms with van der Waals surface area (Å²) in [6.45, 7) is 2.85. The quantitative estimate of drug-likeness (QED) is 0.259. The molecule has 1 amide bonds. The molecular formula is C25H19ClN2O4S. The molecule has 0 aliphatic heterocycles. The van der Waals surface area contributed by atoms with E-state index in [0.717, 1.165) is 26.6 Å². The minimum Gasteiger partial charge on any atom is -0.422 e. The lowest BCUT2D eigenvalue weighted by molar-refractivity contribution is 0.0994. The van der Waals surface area contributed by atoms with Gasteiger partial charge in [-0.1, -0.05) is 53.3 Å². The van der Waals surface area contributed by atoms with Crippen LogP contribution in [0.15, 0.2) is 68.8 Å². The van der Waals surface area contributed by atoms with E-state index in [4.69, 9.17) is 20.8 Å².